The van der Waals surface area contributed by atoms with Crippen LogP contribution in [-0.2, 0) is 0 Å². The van der Waals surface area contributed by atoms with Crippen LogP contribution in [0.5, 0.6) is 0 Å². The minimum atomic E-state index is -1.02. The van der Waals surface area contributed by atoms with E-state index < -0.39 is 30.0 Å². The molecule has 24 heavy (non-hydrogen) atoms. The number of nitrogens with one attached hydrogen (secondary N) is 1. The number of carbonyl (C=O) groups excluding carboxylic acids is 1. The van der Waals surface area contributed by atoms with Crippen LogP contribution in [0.15, 0.2) is 34.9 Å². The number of hydrogen-bond donors (Lipinski definition) is 3. The smallest absolute Gasteiger partial charge is 0.290 e. The van der Waals surface area contributed by atoms with Gasteiger partial charge in [0.25, 0.3) is 5.91 Å². The van der Waals surface area contributed by atoms with Gasteiger partial charge in [0.05, 0.1) is 12.1 Å². The largest absolute Gasteiger partial charge is 0.390 e. The van der Waals surface area contributed by atoms with Gasteiger partial charge in [0.15, 0.2) is 0 Å². The SMILES string of the molecule is O=C(N[C@@H]1CCCC[C@@H](O)[C@@H]1O)c1cc(-c2ccccc2F)no1. The Morgan fingerprint density at radius 3 is 2.79 bits per heavy atom. The lowest BCUT2D eigenvalue weighted by Gasteiger charge is -2.24. The molecule has 0 unspecified atom stereocenters. The predicted octanol–water partition coefficient (Wildman–Crippen LogP) is 1.87. The first-order chi connectivity index (χ1) is 11.6. The maximum atomic E-state index is 13.8. The van der Waals surface area contributed by atoms with Gasteiger partial charge in [-0.2, -0.15) is 0 Å². The van der Waals surface area contributed by atoms with Crippen LogP contribution in [0.1, 0.15) is 36.2 Å². The number of aliphatic hydroxyl groups is 2. The molecule has 1 aromatic carbocycles. The van der Waals surface area contributed by atoms with Gasteiger partial charge in [0, 0.05) is 11.6 Å². The Morgan fingerprint density at radius 1 is 1.25 bits per heavy atom. The fourth-order valence-electron chi connectivity index (χ4n) is 2.90. The first kappa shape index (κ1) is 16.6. The van der Waals surface area contributed by atoms with Gasteiger partial charge in [-0.15, -0.1) is 0 Å². The summed E-state index contributed by atoms with van der Waals surface area (Å²) in [6, 6.07) is 6.86. The van der Waals surface area contributed by atoms with Gasteiger partial charge in [-0.3, -0.25) is 4.79 Å². The summed E-state index contributed by atoms with van der Waals surface area (Å²) in [4.78, 5) is 12.3. The van der Waals surface area contributed by atoms with Crippen molar-refractivity contribution < 1.29 is 23.9 Å². The summed E-state index contributed by atoms with van der Waals surface area (Å²) in [6.07, 6.45) is 0.790. The van der Waals surface area contributed by atoms with Crippen molar-refractivity contribution in [3.63, 3.8) is 0 Å². The summed E-state index contributed by atoms with van der Waals surface area (Å²) in [5.74, 6) is -1.08. The van der Waals surface area contributed by atoms with E-state index in [2.05, 4.69) is 10.5 Å². The molecule has 1 amide bonds. The fourth-order valence-corrected chi connectivity index (χ4v) is 2.90. The number of aliphatic hydroxyl groups excluding tert-OH is 2. The second-order valence-electron chi connectivity index (χ2n) is 5.98. The Morgan fingerprint density at radius 2 is 2.00 bits per heavy atom. The van der Waals surface area contributed by atoms with Crippen LogP contribution in [0, 0.1) is 5.82 Å². The molecule has 6 nitrogen and oxygen atoms in total. The third-order valence-electron chi connectivity index (χ3n) is 4.27. The van der Waals surface area contributed by atoms with E-state index in [-0.39, 0.29) is 17.0 Å². The Bertz CT molecular complexity index is 718. The molecule has 3 N–H and O–H groups in total. The average molecular weight is 334 g/mol. The summed E-state index contributed by atoms with van der Waals surface area (Å²) in [5, 5.41) is 26.3. The lowest BCUT2D eigenvalue weighted by atomic mass is 10.0. The summed E-state index contributed by atoms with van der Waals surface area (Å²) >= 11 is 0. The number of hydrogen-bond acceptors (Lipinski definition) is 5. The third kappa shape index (κ3) is 3.47. The fraction of sp³-hybridized carbons (Fsp3) is 0.412. The molecule has 0 radical (unpaired) electrons. The Hall–Kier alpha value is -2.25. The number of amides is 1. The van der Waals surface area contributed by atoms with Crippen molar-refractivity contribution in [1.29, 1.82) is 0 Å². The number of halogens is 1. The molecule has 1 saturated carbocycles. The minimum absolute atomic E-state index is 0.0702. The molecule has 0 saturated heterocycles. The standard InChI is InChI=1S/C17H19FN2O4/c18-11-6-2-1-5-10(11)13-9-15(24-20-13)17(23)19-12-7-3-4-8-14(21)16(12)22/h1-2,5-6,9,12,14,16,21-22H,3-4,7-8H2,(H,19,23)/t12-,14-,16-/m1/s1. The van der Waals surface area contributed by atoms with E-state index in [1.54, 1.807) is 18.2 Å². The number of rotatable bonds is 3. The van der Waals surface area contributed by atoms with E-state index in [9.17, 15) is 19.4 Å². The topological polar surface area (TPSA) is 95.6 Å². The van der Waals surface area contributed by atoms with Gasteiger partial charge in [-0.25, -0.2) is 4.39 Å². The molecule has 3 rings (SSSR count). The normalized spacial score (nSPS) is 24.4. The first-order valence-corrected chi connectivity index (χ1v) is 7.95. The molecule has 1 aliphatic rings. The highest BCUT2D eigenvalue weighted by molar-refractivity contribution is 5.92. The van der Waals surface area contributed by atoms with Gasteiger partial charge in [-0.05, 0) is 25.0 Å². The van der Waals surface area contributed by atoms with Crippen molar-refractivity contribution >= 4 is 5.91 Å². The van der Waals surface area contributed by atoms with Gasteiger partial charge in [0.1, 0.15) is 17.6 Å². The second-order valence-corrected chi connectivity index (χ2v) is 5.98. The van der Waals surface area contributed by atoms with E-state index >= 15 is 0 Å². The minimum Gasteiger partial charge on any atom is -0.390 e. The van der Waals surface area contributed by atoms with Crippen LogP contribution in [-0.4, -0.2) is 39.5 Å². The Labute approximate surface area is 138 Å². The van der Waals surface area contributed by atoms with Crippen LogP contribution in [0.3, 0.4) is 0 Å². The van der Waals surface area contributed by atoms with Crippen molar-refractivity contribution in [2.75, 3.05) is 0 Å². The third-order valence-corrected chi connectivity index (χ3v) is 4.27. The molecule has 2 aromatic rings. The number of carbonyl (C=O) groups is 1. The molecule has 3 atom stereocenters. The summed E-state index contributed by atoms with van der Waals surface area (Å²) in [7, 11) is 0. The van der Waals surface area contributed by atoms with Crippen LogP contribution in [0.4, 0.5) is 4.39 Å². The zero-order valence-electron chi connectivity index (χ0n) is 13.0. The molecule has 0 aliphatic heterocycles. The van der Waals surface area contributed by atoms with Crippen molar-refractivity contribution in [3.8, 4) is 11.3 Å². The van der Waals surface area contributed by atoms with Crippen LogP contribution in [0.25, 0.3) is 11.3 Å². The monoisotopic (exact) mass is 334 g/mol. The summed E-state index contributed by atoms with van der Waals surface area (Å²) in [5.41, 5.74) is 0.463. The lowest BCUT2D eigenvalue weighted by Crippen LogP contribution is -2.47. The molecule has 1 aliphatic carbocycles. The highest BCUT2D eigenvalue weighted by atomic mass is 19.1. The lowest BCUT2D eigenvalue weighted by molar-refractivity contribution is -0.00152. The predicted molar refractivity (Wildman–Crippen MR) is 83.6 cm³/mol. The number of nitrogens with zero attached hydrogens (tertiary/aromatic N) is 1. The maximum absolute atomic E-state index is 13.8. The van der Waals surface area contributed by atoms with E-state index in [0.717, 1.165) is 12.8 Å². The molecule has 0 bridgehead atoms. The molecule has 1 fully saturated rings. The van der Waals surface area contributed by atoms with Crippen LogP contribution >= 0.6 is 0 Å². The molecule has 128 valence electrons. The maximum Gasteiger partial charge on any atom is 0.290 e. The quantitative estimate of drug-likeness (QED) is 0.745. The summed E-state index contributed by atoms with van der Waals surface area (Å²) < 4.78 is 18.8. The van der Waals surface area contributed by atoms with E-state index in [4.69, 9.17) is 4.52 Å². The first-order valence-electron chi connectivity index (χ1n) is 7.95. The van der Waals surface area contributed by atoms with Gasteiger partial charge in [-0.1, -0.05) is 30.1 Å². The molecular formula is C17H19FN2O4. The van der Waals surface area contributed by atoms with Crippen LogP contribution in [0.2, 0.25) is 0 Å². The number of aromatic nitrogens is 1. The van der Waals surface area contributed by atoms with E-state index in [1.165, 1.54) is 12.1 Å². The molecule has 1 aromatic heterocycles. The highest BCUT2D eigenvalue weighted by Crippen LogP contribution is 2.23. The molecule has 0 spiro atoms. The van der Waals surface area contributed by atoms with Crippen molar-refractivity contribution in [1.82, 2.24) is 10.5 Å². The highest BCUT2D eigenvalue weighted by Gasteiger charge is 2.30. The van der Waals surface area contributed by atoms with E-state index in [1.807, 2.05) is 0 Å². The average Bonchev–Trinajstić information content (AvgIpc) is 3.01. The second kappa shape index (κ2) is 7.11. The van der Waals surface area contributed by atoms with Crippen LogP contribution < -0.4 is 5.32 Å². The Kier molecular flexibility index (Phi) is 4.92. The zero-order valence-corrected chi connectivity index (χ0v) is 13.0. The van der Waals surface area contributed by atoms with Gasteiger partial charge >= 0.3 is 0 Å². The molecule has 7 heteroatoms. The van der Waals surface area contributed by atoms with Gasteiger partial charge < -0.3 is 20.1 Å². The van der Waals surface area contributed by atoms with Crippen molar-refractivity contribution in [2.45, 2.75) is 43.9 Å². The molecular weight excluding hydrogens is 315 g/mol. The number of benzene rings is 1. The molecule has 1 heterocycles. The van der Waals surface area contributed by atoms with Crippen molar-refractivity contribution in [3.05, 3.63) is 41.9 Å². The zero-order chi connectivity index (χ0) is 17.1. The summed E-state index contributed by atoms with van der Waals surface area (Å²) in [6.45, 7) is 0. The Balaban J connectivity index is 1.73. The van der Waals surface area contributed by atoms with Crippen molar-refractivity contribution in [2.24, 2.45) is 0 Å². The van der Waals surface area contributed by atoms with Gasteiger partial charge in [0.2, 0.25) is 5.76 Å². The van der Waals surface area contributed by atoms with E-state index in [0.29, 0.717) is 12.8 Å².